The van der Waals surface area contributed by atoms with Crippen molar-refractivity contribution in [3.05, 3.63) is 0 Å². The summed E-state index contributed by atoms with van der Waals surface area (Å²) in [5.74, 6) is -0.481. The zero-order chi connectivity index (χ0) is 15.2. The van der Waals surface area contributed by atoms with Crippen molar-refractivity contribution in [1.82, 2.24) is 0 Å². The highest BCUT2D eigenvalue weighted by atomic mass is 16.6. The maximum atomic E-state index is 11.6. The number of cyclic esters (lactones) is 2. The van der Waals surface area contributed by atoms with Gasteiger partial charge in [-0.3, -0.25) is 19.2 Å². The van der Waals surface area contributed by atoms with Gasteiger partial charge in [0.05, 0.1) is 11.8 Å². The summed E-state index contributed by atoms with van der Waals surface area (Å²) in [5, 5.41) is 0. The molecule has 0 spiro atoms. The van der Waals surface area contributed by atoms with Gasteiger partial charge in [0.15, 0.2) is 0 Å². The van der Waals surface area contributed by atoms with Gasteiger partial charge in [-0.1, -0.05) is 0 Å². The summed E-state index contributed by atoms with van der Waals surface area (Å²) in [6, 6.07) is 0. The molecular weight excluding hydrogens is 276 g/mol. The van der Waals surface area contributed by atoms with Crippen LogP contribution in [0.15, 0.2) is 0 Å². The predicted molar refractivity (Wildman–Crippen MR) is 71.2 cm³/mol. The van der Waals surface area contributed by atoms with E-state index in [0.717, 1.165) is 0 Å². The summed E-state index contributed by atoms with van der Waals surface area (Å²) in [6.07, 6.45) is 3.15. The lowest BCUT2D eigenvalue weighted by Crippen LogP contribution is -2.34. The Balaban J connectivity index is 1.47. The molecule has 6 heteroatoms. The number of esters is 2. The minimum absolute atomic E-state index is 0.0880. The van der Waals surface area contributed by atoms with E-state index in [1.54, 1.807) is 0 Å². The maximum Gasteiger partial charge on any atom is 0.312 e. The molecule has 2 fully saturated rings. The molecule has 0 saturated carbocycles. The first kappa shape index (κ1) is 15.7. The molecule has 0 radical (unpaired) electrons. The Kier molecular flexibility index (Phi) is 5.47. The number of ketones is 2. The number of carbonyl (C=O) groups is 4. The van der Waals surface area contributed by atoms with Crippen LogP contribution in [0.1, 0.15) is 44.9 Å². The van der Waals surface area contributed by atoms with E-state index in [-0.39, 0.29) is 35.3 Å². The largest absolute Gasteiger partial charge is 0.464 e. The molecule has 0 bridgehead atoms. The van der Waals surface area contributed by atoms with Crippen LogP contribution in [-0.2, 0) is 28.7 Å². The van der Waals surface area contributed by atoms with Crippen molar-refractivity contribution in [2.24, 2.45) is 11.8 Å². The number of hydrogen-bond donors (Lipinski definition) is 0. The Morgan fingerprint density at radius 2 is 1.24 bits per heavy atom. The second-order valence-electron chi connectivity index (χ2n) is 5.66. The second kappa shape index (κ2) is 7.33. The van der Waals surface area contributed by atoms with E-state index in [2.05, 4.69) is 9.47 Å². The molecular formula is C15H20O6. The highest BCUT2D eigenvalue weighted by Crippen LogP contribution is 2.20. The van der Waals surface area contributed by atoms with E-state index >= 15 is 0 Å². The molecule has 0 aliphatic carbocycles. The quantitative estimate of drug-likeness (QED) is 0.563. The third-order valence-corrected chi connectivity index (χ3v) is 3.97. The molecule has 0 aromatic heterocycles. The van der Waals surface area contributed by atoms with Gasteiger partial charge in [-0.2, -0.15) is 0 Å². The van der Waals surface area contributed by atoms with Crippen molar-refractivity contribution in [3.63, 3.8) is 0 Å². The van der Waals surface area contributed by atoms with Gasteiger partial charge in [0.25, 0.3) is 0 Å². The predicted octanol–water partition coefficient (Wildman–Crippen LogP) is 1.20. The van der Waals surface area contributed by atoms with Gasteiger partial charge in [0.1, 0.15) is 24.8 Å². The highest BCUT2D eigenvalue weighted by Gasteiger charge is 2.31. The van der Waals surface area contributed by atoms with Crippen molar-refractivity contribution in [1.29, 1.82) is 0 Å². The van der Waals surface area contributed by atoms with Gasteiger partial charge in [-0.25, -0.2) is 0 Å². The average molecular weight is 296 g/mol. The molecule has 2 unspecified atom stereocenters. The van der Waals surface area contributed by atoms with Crippen molar-refractivity contribution < 1.29 is 28.7 Å². The molecule has 2 aliphatic heterocycles. The minimum Gasteiger partial charge on any atom is -0.464 e. The molecule has 0 N–H and O–H groups in total. The number of carbonyl (C=O) groups excluding carboxylic acids is 4. The molecule has 2 rings (SSSR count). The van der Waals surface area contributed by atoms with Crippen LogP contribution in [0.4, 0.5) is 0 Å². The topological polar surface area (TPSA) is 86.7 Å². The van der Waals surface area contributed by atoms with Crippen LogP contribution in [-0.4, -0.2) is 36.7 Å². The van der Waals surface area contributed by atoms with Crippen LogP contribution in [0, 0.1) is 11.8 Å². The fourth-order valence-corrected chi connectivity index (χ4v) is 2.34. The highest BCUT2D eigenvalue weighted by molar-refractivity contribution is 5.83. The minimum atomic E-state index is -0.215. The first-order valence-electron chi connectivity index (χ1n) is 7.43. The smallest absolute Gasteiger partial charge is 0.312 e. The fraction of sp³-hybridized carbons (Fsp3) is 0.733. The van der Waals surface area contributed by atoms with Gasteiger partial charge in [0.2, 0.25) is 0 Å². The van der Waals surface area contributed by atoms with Gasteiger partial charge in [0, 0.05) is 25.7 Å². The van der Waals surface area contributed by atoms with Crippen molar-refractivity contribution >= 4 is 23.5 Å². The molecule has 21 heavy (non-hydrogen) atoms. The number of hydrogen-bond acceptors (Lipinski definition) is 6. The number of rotatable bonds is 10. The van der Waals surface area contributed by atoms with E-state index in [0.29, 0.717) is 58.2 Å². The molecule has 2 saturated heterocycles. The summed E-state index contributed by atoms with van der Waals surface area (Å²) in [5.41, 5.74) is 0. The van der Waals surface area contributed by atoms with E-state index in [1.807, 2.05) is 0 Å². The first-order valence-corrected chi connectivity index (χ1v) is 7.43. The zero-order valence-electron chi connectivity index (χ0n) is 12.0. The Hall–Kier alpha value is -1.72. The Morgan fingerprint density at radius 3 is 1.52 bits per heavy atom. The summed E-state index contributed by atoms with van der Waals surface area (Å²) in [4.78, 5) is 45.1. The molecule has 0 amide bonds. The second-order valence-corrected chi connectivity index (χ2v) is 5.66. The zero-order valence-corrected chi connectivity index (χ0v) is 12.0. The van der Waals surface area contributed by atoms with E-state index in [9.17, 15) is 19.2 Å². The number of Topliss-reactive ketones (excluding diaryl/α,β-unsaturated/α-hetero) is 2. The molecule has 0 aromatic carbocycles. The summed E-state index contributed by atoms with van der Waals surface area (Å²) < 4.78 is 9.26. The third-order valence-electron chi connectivity index (χ3n) is 3.97. The Labute approximate surface area is 123 Å². The third kappa shape index (κ3) is 4.65. The molecule has 116 valence electrons. The summed E-state index contributed by atoms with van der Waals surface area (Å²) >= 11 is 0. The lowest BCUT2D eigenvalue weighted by Gasteiger charge is -2.24. The standard InChI is InChI=1S/C15H20O6/c16-12(6-4-10-8-20-14(10)18)2-1-3-13(17)7-5-11-9-21-15(11)19/h10-11H,1-9H2. The monoisotopic (exact) mass is 296 g/mol. The molecule has 0 aromatic rings. The molecule has 2 atom stereocenters. The SMILES string of the molecule is O=C(CCCC(=O)CCC1COC1=O)CCC1COC1=O. The van der Waals surface area contributed by atoms with Gasteiger partial charge in [-0.15, -0.1) is 0 Å². The average Bonchev–Trinajstić information content (AvgIpc) is 2.44. The normalized spacial score (nSPS) is 23.6. The van der Waals surface area contributed by atoms with Gasteiger partial charge < -0.3 is 9.47 Å². The van der Waals surface area contributed by atoms with Crippen LogP contribution < -0.4 is 0 Å². The lowest BCUT2D eigenvalue weighted by atomic mass is 9.96. The van der Waals surface area contributed by atoms with Gasteiger partial charge in [-0.05, 0) is 19.3 Å². The molecule has 2 heterocycles. The maximum absolute atomic E-state index is 11.6. The van der Waals surface area contributed by atoms with Crippen LogP contribution in [0.25, 0.3) is 0 Å². The van der Waals surface area contributed by atoms with E-state index in [4.69, 9.17) is 0 Å². The number of ether oxygens (including phenoxy) is 2. The van der Waals surface area contributed by atoms with Crippen LogP contribution in [0.3, 0.4) is 0 Å². The first-order chi connectivity index (χ1) is 10.1. The van der Waals surface area contributed by atoms with Crippen LogP contribution in [0.5, 0.6) is 0 Å². The van der Waals surface area contributed by atoms with Crippen LogP contribution in [0.2, 0.25) is 0 Å². The van der Waals surface area contributed by atoms with E-state index in [1.165, 1.54) is 0 Å². The van der Waals surface area contributed by atoms with Crippen LogP contribution >= 0.6 is 0 Å². The van der Waals surface area contributed by atoms with Crippen molar-refractivity contribution in [3.8, 4) is 0 Å². The van der Waals surface area contributed by atoms with Gasteiger partial charge >= 0.3 is 11.9 Å². The summed E-state index contributed by atoms with van der Waals surface area (Å²) in [7, 11) is 0. The van der Waals surface area contributed by atoms with E-state index < -0.39 is 0 Å². The summed E-state index contributed by atoms with van der Waals surface area (Å²) in [6.45, 7) is 0.850. The Morgan fingerprint density at radius 1 is 0.810 bits per heavy atom. The fourth-order valence-electron chi connectivity index (χ4n) is 2.34. The molecule has 6 nitrogen and oxygen atoms in total. The van der Waals surface area contributed by atoms with Crippen molar-refractivity contribution in [2.45, 2.75) is 44.9 Å². The lowest BCUT2D eigenvalue weighted by molar-refractivity contribution is -0.170. The van der Waals surface area contributed by atoms with Crippen molar-refractivity contribution in [2.75, 3.05) is 13.2 Å². The Bertz CT molecular complexity index is 401. The molecule has 2 aliphatic rings.